The number of nitrogens with zero attached hydrogens (tertiary/aromatic N) is 2. The van der Waals surface area contributed by atoms with Crippen LogP contribution in [0.5, 0.6) is 0 Å². The summed E-state index contributed by atoms with van der Waals surface area (Å²) in [6.45, 7) is 19.2. The van der Waals surface area contributed by atoms with Gasteiger partial charge >= 0.3 is 0 Å². The number of hydrogen-bond acceptors (Lipinski definition) is 8. The highest BCUT2D eigenvalue weighted by atomic mass is 16.2. The van der Waals surface area contributed by atoms with E-state index in [0.717, 1.165) is 91.1 Å². The summed E-state index contributed by atoms with van der Waals surface area (Å²) in [4.78, 5) is 56.3. The van der Waals surface area contributed by atoms with Crippen LogP contribution in [-0.2, 0) is 19.2 Å². The summed E-state index contributed by atoms with van der Waals surface area (Å²) < 4.78 is 0. The fourth-order valence-electron chi connectivity index (χ4n) is 10.3. The van der Waals surface area contributed by atoms with Crippen molar-refractivity contribution in [3.8, 4) is 0 Å². The van der Waals surface area contributed by atoms with E-state index in [1.165, 1.54) is 231 Å². The van der Waals surface area contributed by atoms with Gasteiger partial charge in [0, 0.05) is 117 Å². The highest BCUT2D eigenvalue weighted by molar-refractivity contribution is 5.77. The zero-order valence-electron chi connectivity index (χ0n) is 52.5. The molecule has 0 saturated carbocycles. The molecule has 78 heavy (non-hydrogen) atoms. The Morgan fingerprint density at radius 3 is 0.654 bits per heavy atom. The van der Waals surface area contributed by atoms with Gasteiger partial charge in [0.15, 0.2) is 0 Å². The van der Waals surface area contributed by atoms with Crippen molar-refractivity contribution in [3.63, 3.8) is 0 Å². The molecule has 0 saturated heterocycles. The molecule has 462 valence electrons. The van der Waals surface area contributed by atoms with E-state index < -0.39 is 0 Å². The van der Waals surface area contributed by atoms with E-state index in [1.807, 2.05) is 0 Å². The lowest BCUT2D eigenvalue weighted by atomic mass is 10.1. The molecule has 6 N–H and O–H groups in total. The molecule has 0 unspecified atom stereocenters. The molecule has 0 spiro atoms. The molecular formula is C66H134N8O4. The van der Waals surface area contributed by atoms with Gasteiger partial charge in [-0.1, -0.05) is 259 Å². The third-order valence-corrected chi connectivity index (χ3v) is 15.7. The van der Waals surface area contributed by atoms with E-state index in [4.69, 9.17) is 0 Å². The average Bonchev–Trinajstić information content (AvgIpc) is 3.43. The highest BCUT2D eigenvalue weighted by Crippen LogP contribution is 2.14. The Morgan fingerprint density at radius 2 is 0.423 bits per heavy atom. The van der Waals surface area contributed by atoms with Crippen molar-refractivity contribution < 1.29 is 19.2 Å². The molecule has 0 aromatic rings. The molecule has 0 heterocycles. The van der Waals surface area contributed by atoms with E-state index in [9.17, 15) is 19.2 Å². The number of rotatable bonds is 65. The van der Waals surface area contributed by atoms with Crippen molar-refractivity contribution in [2.45, 2.75) is 310 Å². The minimum Gasteiger partial charge on any atom is -0.356 e. The molecule has 0 fully saturated rings. The van der Waals surface area contributed by atoms with Gasteiger partial charge in [0.1, 0.15) is 0 Å². The summed E-state index contributed by atoms with van der Waals surface area (Å²) in [5.41, 5.74) is 0. The molecule has 0 aromatic heterocycles. The van der Waals surface area contributed by atoms with Crippen LogP contribution in [0.25, 0.3) is 0 Å². The first-order valence-electron chi connectivity index (χ1n) is 34.3. The monoisotopic (exact) mass is 1100 g/mol. The number of nitrogens with one attached hydrogen (secondary N) is 6. The van der Waals surface area contributed by atoms with Gasteiger partial charge in [-0.3, -0.25) is 19.2 Å². The Hall–Kier alpha value is -2.28. The lowest BCUT2D eigenvalue weighted by molar-refractivity contribution is -0.122. The molecule has 0 aliphatic carbocycles. The van der Waals surface area contributed by atoms with Gasteiger partial charge in [-0.15, -0.1) is 0 Å². The smallest absolute Gasteiger partial charge is 0.221 e. The fourth-order valence-corrected chi connectivity index (χ4v) is 10.3. The van der Waals surface area contributed by atoms with Crippen LogP contribution in [0.3, 0.4) is 0 Å². The molecule has 12 heteroatoms. The number of unbranched alkanes of at least 4 members (excludes halogenated alkanes) is 36. The molecule has 0 radical (unpaired) electrons. The molecule has 12 nitrogen and oxygen atoms in total. The topological polar surface area (TPSA) is 147 Å². The largest absolute Gasteiger partial charge is 0.356 e. The van der Waals surface area contributed by atoms with Gasteiger partial charge in [-0.25, -0.2) is 0 Å². The first-order chi connectivity index (χ1) is 38.4. The quantitative estimate of drug-likeness (QED) is 0.0330. The molecule has 0 rings (SSSR count). The van der Waals surface area contributed by atoms with Crippen LogP contribution in [0.2, 0.25) is 0 Å². The van der Waals surface area contributed by atoms with E-state index in [2.05, 4.69) is 69.4 Å². The van der Waals surface area contributed by atoms with E-state index in [1.54, 1.807) is 0 Å². The third kappa shape index (κ3) is 59.8. The van der Waals surface area contributed by atoms with Crippen LogP contribution in [0.4, 0.5) is 0 Å². The van der Waals surface area contributed by atoms with Crippen LogP contribution in [-0.4, -0.2) is 125 Å². The lowest BCUT2D eigenvalue weighted by Crippen LogP contribution is -2.43. The number of hydrogen-bond donors (Lipinski definition) is 6. The Bertz CT molecular complexity index is 1180. The Kier molecular flexibility index (Phi) is 62.0. The van der Waals surface area contributed by atoms with Gasteiger partial charge < -0.3 is 41.7 Å². The van der Waals surface area contributed by atoms with Crippen molar-refractivity contribution in [2.75, 3.05) is 91.6 Å². The van der Waals surface area contributed by atoms with Crippen molar-refractivity contribution in [3.05, 3.63) is 0 Å². The van der Waals surface area contributed by atoms with Crippen LogP contribution >= 0.6 is 0 Å². The molecule has 0 aromatic carbocycles. The van der Waals surface area contributed by atoms with E-state index >= 15 is 0 Å². The predicted octanol–water partition coefficient (Wildman–Crippen LogP) is 14.5. The maximum absolute atomic E-state index is 13.1. The van der Waals surface area contributed by atoms with Crippen LogP contribution in [0.15, 0.2) is 0 Å². The first-order valence-corrected chi connectivity index (χ1v) is 34.3. The number of carbonyl (C=O) groups is 4. The molecule has 0 atom stereocenters. The summed E-state index contributed by atoms with van der Waals surface area (Å²) in [6.07, 6.45) is 53.1. The third-order valence-electron chi connectivity index (χ3n) is 15.7. The predicted molar refractivity (Wildman–Crippen MR) is 337 cm³/mol. The highest BCUT2D eigenvalue weighted by Gasteiger charge is 2.14. The average molecular weight is 1100 g/mol. The van der Waals surface area contributed by atoms with Crippen LogP contribution in [0.1, 0.15) is 310 Å². The number of carbonyl (C=O) groups excluding carboxylic acids is 4. The second-order valence-electron chi connectivity index (χ2n) is 23.3. The molecule has 0 aliphatic heterocycles. The van der Waals surface area contributed by atoms with Crippen molar-refractivity contribution >= 4 is 23.6 Å². The van der Waals surface area contributed by atoms with Gasteiger partial charge in [0.05, 0.1) is 0 Å². The van der Waals surface area contributed by atoms with Gasteiger partial charge in [-0.2, -0.15) is 0 Å². The zero-order valence-corrected chi connectivity index (χ0v) is 52.5. The van der Waals surface area contributed by atoms with Gasteiger partial charge in [-0.05, 0) is 25.7 Å². The Balaban J connectivity index is 5.17. The normalized spacial score (nSPS) is 11.5. The van der Waals surface area contributed by atoms with Crippen LogP contribution < -0.4 is 31.9 Å². The molecule has 0 bridgehead atoms. The Labute approximate surface area is 484 Å². The van der Waals surface area contributed by atoms with E-state index in [0.29, 0.717) is 51.9 Å². The van der Waals surface area contributed by atoms with Crippen molar-refractivity contribution in [1.29, 1.82) is 0 Å². The van der Waals surface area contributed by atoms with Gasteiger partial charge in [0.25, 0.3) is 0 Å². The maximum atomic E-state index is 13.1. The van der Waals surface area contributed by atoms with Crippen LogP contribution in [0, 0.1) is 0 Å². The summed E-state index contributed by atoms with van der Waals surface area (Å²) in [5.74, 6) is 0.429. The van der Waals surface area contributed by atoms with Crippen molar-refractivity contribution in [2.24, 2.45) is 0 Å². The SMILES string of the molecule is CCCCCCCCCCCCNC(=O)CCNCCN(CCC(=O)NCCCCCCCCCCCC)CCN(CCNCCC(=O)NCCCCCCCCCCCC)CCC(=O)NCCCCCCCCCCCC. The Morgan fingerprint density at radius 1 is 0.218 bits per heavy atom. The lowest BCUT2D eigenvalue weighted by Gasteiger charge is -2.28. The summed E-state index contributed by atoms with van der Waals surface area (Å²) >= 11 is 0. The standard InChI is InChI=1S/C66H134N8O4/c1-5-9-13-17-21-25-29-33-37-41-49-69-63(75)45-53-67-55-59-73(57-47-65(77)71-51-43-39-35-31-27-23-19-15-11-7-3)61-62-74(58-48-66(78)72-52-44-40-36-32-28-24-20-16-12-8-4)60-56-68-54-46-64(76)70-50-42-38-34-30-26-22-18-14-10-6-2/h67-68H,5-62H2,1-4H3,(H,69,75)(H,70,76)(H,71,77)(H,72,78). The molecule has 0 aliphatic rings. The molecule has 4 amide bonds. The summed E-state index contributed by atoms with van der Waals surface area (Å²) in [7, 11) is 0. The fraction of sp³-hybridized carbons (Fsp3) is 0.939. The second kappa shape index (κ2) is 63.9. The number of amides is 4. The maximum Gasteiger partial charge on any atom is 0.221 e. The van der Waals surface area contributed by atoms with Gasteiger partial charge in [0.2, 0.25) is 23.6 Å². The van der Waals surface area contributed by atoms with Crippen molar-refractivity contribution in [1.82, 2.24) is 41.7 Å². The minimum absolute atomic E-state index is 0.107. The molecular weight excluding hydrogens is 969 g/mol. The zero-order chi connectivity index (χ0) is 56.7. The second-order valence-corrected chi connectivity index (χ2v) is 23.3. The first kappa shape index (κ1) is 75.7. The minimum atomic E-state index is 0.107. The van der Waals surface area contributed by atoms with E-state index in [-0.39, 0.29) is 23.6 Å². The summed E-state index contributed by atoms with van der Waals surface area (Å²) in [5, 5.41) is 19.6. The summed E-state index contributed by atoms with van der Waals surface area (Å²) in [6, 6.07) is 0.